The quantitative estimate of drug-likeness (QED) is 0.559. The molecule has 2 atom stereocenters. The van der Waals surface area contributed by atoms with E-state index in [9.17, 15) is 23.1 Å². The third-order valence-corrected chi connectivity index (χ3v) is 4.95. The summed E-state index contributed by atoms with van der Waals surface area (Å²) in [5.74, 6) is 0.350. The number of alkyl halides is 3. The number of unbranched alkanes of at least 4 members (excludes halogenated alkanes) is 1. The van der Waals surface area contributed by atoms with Gasteiger partial charge in [-0.1, -0.05) is 37.6 Å². The van der Waals surface area contributed by atoms with E-state index in [0.29, 0.717) is 18.7 Å². The van der Waals surface area contributed by atoms with Crippen LogP contribution in [0.4, 0.5) is 13.2 Å². The Balaban J connectivity index is 1.72. The number of aliphatic hydroxyl groups excluding tert-OH is 1. The van der Waals surface area contributed by atoms with Gasteiger partial charge in [0.1, 0.15) is 5.78 Å². The first kappa shape index (κ1) is 21.5. The molecule has 150 valence electrons. The molecule has 0 bridgehead atoms. The molecule has 0 spiro atoms. The number of hydrogen-bond donors (Lipinski definition) is 2. The Labute approximate surface area is 157 Å². The number of carbonyl (C=O) groups is 1. The van der Waals surface area contributed by atoms with Crippen molar-refractivity contribution in [2.75, 3.05) is 13.1 Å². The Morgan fingerprint density at radius 3 is 2.33 bits per heavy atom. The monoisotopic (exact) mass is 385 g/mol. The SMILES string of the molecule is CCC(CCCCNCC(O)c1ccc(C2(C(F)(F)F)N=N2)cc1)C(C)=O. The smallest absolute Gasteiger partial charge is 0.387 e. The summed E-state index contributed by atoms with van der Waals surface area (Å²) in [5, 5.41) is 19.6. The lowest BCUT2D eigenvalue weighted by atomic mass is 9.95. The van der Waals surface area contributed by atoms with Crippen LogP contribution in [0, 0.1) is 5.92 Å². The Kier molecular flexibility index (Phi) is 7.11. The van der Waals surface area contributed by atoms with Crippen LogP contribution in [0.2, 0.25) is 0 Å². The number of benzene rings is 1. The fourth-order valence-electron chi connectivity index (χ4n) is 3.07. The lowest BCUT2D eigenvalue weighted by Gasteiger charge is -2.17. The molecular weight excluding hydrogens is 359 g/mol. The first-order valence-corrected chi connectivity index (χ1v) is 9.21. The van der Waals surface area contributed by atoms with Crippen LogP contribution in [-0.2, 0) is 10.5 Å². The van der Waals surface area contributed by atoms with Gasteiger partial charge < -0.3 is 10.4 Å². The second-order valence-corrected chi connectivity index (χ2v) is 6.92. The minimum absolute atomic E-state index is 0.0464. The largest absolute Gasteiger partial charge is 0.442 e. The molecule has 27 heavy (non-hydrogen) atoms. The lowest BCUT2D eigenvalue weighted by molar-refractivity contribution is -0.166. The highest BCUT2D eigenvalue weighted by Crippen LogP contribution is 2.52. The molecule has 0 amide bonds. The number of Topliss-reactive ketones (excluding diaryl/α,β-unsaturated/α-hetero) is 1. The van der Waals surface area contributed by atoms with Crippen molar-refractivity contribution in [2.24, 2.45) is 16.1 Å². The van der Waals surface area contributed by atoms with Crippen LogP contribution in [0.15, 0.2) is 34.5 Å². The number of carbonyl (C=O) groups excluding carboxylic acids is 1. The van der Waals surface area contributed by atoms with E-state index in [1.54, 1.807) is 6.92 Å². The van der Waals surface area contributed by atoms with Gasteiger partial charge in [0, 0.05) is 18.0 Å². The number of hydrogen-bond acceptors (Lipinski definition) is 5. The number of nitrogens with zero attached hydrogens (tertiary/aromatic N) is 2. The Hall–Kier alpha value is -1.80. The minimum atomic E-state index is -4.55. The van der Waals surface area contributed by atoms with Crippen molar-refractivity contribution in [3.8, 4) is 0 Å². The first-order chi connectivity index (χ1) is 12.7. The van der Waals surface area contributed by atoms with Gasteiger partial charge in [-0.3, -0.25) is 4.79 Å². The lowest BCUT2D eigenvalue weighted by Crippen LogP contribution is -2.30. The van der Waals surface area contributed by atoms with Crippen LogP contribution in [0.3, 0.4) is 0 Å². The van der Waals surface area contributed by atoms with Gasteiger partial charge in [-0.05, 0) is 38.3 Å². The third-order valence-electron chi connectivity index (χ3n) is 4.95. The van der Waals surface area contributed by atoms with E-state index >= 15 is 0 Å². The van der Waals surface area contributed by atoms with Gasteiger partial charge in [0.05, 0.1) is 6.10 Å². The van der Waals surface area contributed by atoms with Gasteiger partial charge in [-0.25, -0.2) is 0 Å². The molecule has 1 aromatic rings. The predicted molar refractivity (Wildman–Crippen MR) is 95.2 cm³/mol. The van der Waals surface area contributed by atoms with Crippen molar-refractivity contribution in [3.05, 3.63) is 35.4 Å². The van der Waals surface area contributed by atoms with Crippen molar-refractivity contribution >= 4 is 5.78 Å². The minimum Gasteiger partial charge on any atom is -0.387 e. The highest BCUT2D eigenvalue weighted by Gasteiger charge is 2.65. The van der Waals surface area contributed by atoms with Gasteiger partial charge in [0.2, 0.25) is 0 Å². The fourth-order valence-corrected chi connectivity index (χ4v) is 3.07. The molecule has 0 saturated carbocycles. The first-order valence-electron chi connectivity index (χ1n) is 9.21. The van der Waals surface area contributed by atoms with Crippen LogP contribution in [0.5, 0.6) is 0 Å². The van der Waals surface area contributed by atoms with Gasteiger partial charge in [0.25, 0.3) is 0 Å². The standard InChI is InChI=1S/C19H26F3N3O2/c1-3-14(13(2)26)6-4-5-11-23-12-17(27)15-7-9-16(10-8-15)18(24-25-18)19(20,21)22/h7-10,14,17,23,27H,3-6,11-12H2,1-2H3. The van der Waals surface area contributed by atoms with Crippen molar-refractivity contribution in [1.29, 1.82) is 0 Å². The number of nitrogens with one attached hydrogen (secondary N) is 1. The molecule has 0 fully saturated rings. The van der Waals surface area contributed by atoms with E-state index in [1.165, 1.54) is 24.3 Å². The van der Waals surface area contributed by atoms with E-state index in [0.717, 1.165) is 25.7 Å². The van der Waals surface area contributed by atoms with Crippen LogP contribution >= 0.6 is 0 Å². The molecule has 8 heteroatoms. The maximum atomic E-state index is 13.0. The molecule has 5 nitrogen and oxygen atoms in total. The van der Waals surface area contributed by atoms with E-state index in [-0.39, 0.29) is 17.3 Å². The molecule has 0 saturated heterocycles. The zero-order valence-electron chi connectivity index (χ0n) is 15.6. The second-order valence-electron chi connectivity index (χ2n) is 6.92. The second kappa shape index (κ2) is 8.93. The summed E-state index contributed by atoms with van der Waals surface area (Å²) < 4.78 is 38.9. The summed E-state index contributed by atoms with van der Waals surface area (Å²) in [7, 11) is 0. The number of aliphatic hydroxyl groups is 1. The van der Waals surface area contributed by atoms with Crippen molar-refractivity contribution < 1.29 is 23.1 Å². The summed E-state index contributed by atoms with van der Waals surface area (Å²) in [5.41, 5.74) is -1.94. The van der Waals surface area contributed by atoms with Crippen LogP contribution in [-0.4, -0.2) is 30.2 Å². The molecule has 2 rings (SSSR count). The Bertz CT molecular complexity index is 653. The van der Waals surface area contributed by atoms with E-state index < -0.39 is 17.9 Å². The molecular formula is C19H26F3N3O2. The molecule has 1 aliphatic rings. The predicted octanol–water partition coefficient (Wildman–Crippen LogP) is 4.28. The van der Waals surface area contributed by atoms with Gasteiger partial charge in [0.15, 0.2) is 0 Å². The maximum Gasteiger partial charge on any atom is 0.442 e. The topological polar surface area (TPSA) is 74.0 Å². The Morgan fingerprint density at radius 1 is 1.22 bits per heavy atom. The average Bonchev–Trinajstić information content (AvgIpc) is 3.42. The molecule has 1 heterocycles. The molecule has 0 aliphatic carbocycles. The number of halogens is 3. The molecule has 2 unspecified atom stereocenters. The summed E-state index contributed by atoms with van der Waals surface area (Å²) in [6, 6.07) is 5.55. The summed E-state index contributed by atoms with van der Waals surface area (Å²) in [6.07, 6.45) is -1.81. The molecule has 0 aromatic heterocycles. The normalized spacial score (nSPS) is 17.6. The summed E-state index contributed by atoms with van der Waals surface area (Å²) in [4.78, 5) is 11.4. The zero-order valence-corrected chi connectivity index (χ0v) is 15.6. The molecule has 2 N–H and O–H groups in total. The van der Waals surface area contributed by atoms with Crippen LogP contribution in [0.25, 0.3) is 0 Å². The van der Waals surface area contributed by atoms with E-state index in [1.807, 2.05) is 6.92 Å². The summed E-state index contributed by atoms with van der Waals surface area (Å²) in [6.45, 7) is 4.64. The van der Waals surface area contributed by atoms with Gasteiger partial charge in [-0.15, -0.1) is 10.2 Å². The highest BCUT2D eigenvalue weighted by molar-refractivity contribution is 5.78. The average molecular weight is 385 g/mol. The number of ketones is 1. The summed E-state index contributed by atoms with van der Waals surface area (Å²) >= 11 is 0. The maximum absolute atomic E-state index is 13.0. The highest BCUT2D eigenvalue weighted by atomic mass is 19.4. The number of rotatable bonds is 11. The molecule has 1 aromatic carbocycles. The van der Waals surface area contributed by atoms with E-state index in [2.05, 4.69) is 15.5 Å². The third kappa shape index (κ3) is 5.35. The Morgan fingerprint density at radius 2 is 1.85 bits per heavy atom. The van der Waals surface area contributed by atoms with Crippen molar-refractivity contribution in [1.82, 2.24) is 5.32 Å². The molecule has 1 aliphatic heterocycles. The van der Waals surface area contributed by atoms with Gasteiger partial charge in [-0.2, -0.15) is 13.2 Å². The van der Waals surface area contributed by atoms with Crippen molar-refractivity contribution in [3.63, 3.8) is 0 Å². The molecule has 0 radical (unpaired) electrons. The van der Waals surface area contributed by atoms with E-state index in [4.69, 9.17) is 0 Å². The van der Waals surface area contributed by atoms with Crippen molar-refractivity contribution in [2.45, 2.75) is 57.5 Å². The van der Waals surface area contributed by atoms with Crippen LogP contribution < -0.4 is 5.32 Å². The zero-order chi connectivity index (χ0) is 20.1. The van der Waals surface area contributed by atoms with Crippen LogP contribution in [0.1, 0.15) is 56.8 Å². The van der Waals surface area contributed by atoms with Gasteiger partial charge >= 0.3 is 11.8 Å². The fraction of sp³-hybridized carbons (Fsp3) is 0.632.